The van der Waals surface area contributed by atoms with Crippen molar-refractivity contribution in [2.45, 2.75) is 26.4 Å². The van der Waals surface area contributed by atoms with Gasteiger partial charge in [0, 0.05) is 29.4 Å². The molecule has 2 aromatic heterocycles. The molecule has 0 aliphatic carbocycles. The predicted octanol–water partition coefficient (Wildman–Crippen LogP) is 3.80. The van der Waals surface area contributed by atoms with Crippen molar-refractivity contribution in [1.82, 2.24) is 15.0 Å². The first-order valence-corrected chi connectivity index (χ1v) is 10.7. The van der Waals surface area contributed by atoms with Gasteiger partial charge in [-0.25, -0.2) is 20.8 Å². The summed E-state index contributed by atoms with van der Waals surface area (Å²) in [5.74, 6) is 5.59. The molecule has 10 heteroatoms. The number of hydrogen-bond donors (Lipinski definition) is 2. The third kappa shape index (κ3) is 6.09. The van der Waals surface area contributed by atoms with Crippen molar-refractivity contribution in [3.05, 3.63) is 63.7 Å². The molecule has 0 unspecified atom stereocenters. The second-order valence-corrected chi connectivity index (χ2v) is 8.10. The Kier molecular flexibility index (Phi) is 7.50. The van der Waals surface area contributed by atoms with Crippen LogP contribution in [0.2, 0.25) is 0 Å². The summed E-state index contributed by atoms with van der Waals surface area (Å²) in [6.07, 6.45) is 2.15. The van der Waals surface area contributed by atoms with E-state index in [4.69, 9.17) is 10.6 Å². The van der Waals surface area contributed by atoms with Crippen LogP contribution in [0.5, 0.6) is 5.75 Å². The Hall–Kier alpha value is -2.82. The minimum absolute atomic E-state index is 0.0984. The zero-order valence-electron chi connectivity index (χ0n) is 16.2. The number of amides is 2. The molecule has 0 radical (unpaired) electrons. The van der Waals surface area contributed by atoms with Gasteiger partial charge in [0.15, 0.2) is 16.7 Å². The fraction of sp³-hybridized carbons (Fsp3) is 0.200. The molecule has 1 aromatic carbocycles. The van der Waals surface area contributed by atoms with Gasteiger partial charge in [0.25, 0.3) is 0 Å². The SMILES string of the molecule is CC(=O)N(N)C(=O)CCc1csc(Nc2ncc(Br)cc2OCc2ccccc2)n1. The van der Waals surface area contributed by atoms with Crippen LogP contribution in [-0.4, -0.2) is 26.8 Å². The second-order valence-electron chi connectivity index (χ2n) is 6.33. The molecular formula is C20H20BrN5O3S. The Morgan fingerprint density at radius 1 is 1.30 bits per heavy atom. The molecule has 156 valence electrons. The van der Waals surface area contributed by atoms with E-state index in [-0.39, 0.29) is 6.42 Å². The van der Waals surface area contributed by atoms with Crippen LogP contribution in [0.3, 0.4) is 0 Å². The van der Waals surface area contributed by atoms with Gasteiger partial charge < -0.3 is 10.1 Å². The maximum Gasteiger partial charge on any atom is 0.243 e. The highest BCUT2D eigenvalue weighted by atomic mass is 79.9. The first-order valence-electron chi connectivity index (χ1n) is 9.04. The standard InChI is InChI=1S/C20H20BrN5O3S/c1-13(27)26(22)18(28)8-7-16-12-30-20(24-16)25-19-17(9-15(21)10-23-19)29-11-14-5-3-2-4-6-14/h2-6,9-10,12H,7-8,11,22H2,1H3,(H,23,24,25). The number of anilines is 2. The Morgan fingerprint density at radius 2 is 2.07 bits per heavy atom. The molecular weight excluding hydrogens is 470 g/mol. The van der Waals surface area contributed by atoms with Crippen LogP contribution in [0.15, 0.2) is 52.4 Å². The van der Waals surface area contributed by atoms with E-state index in [1.807, 2.05) is 41.8 Å². The summed E-state index contributed by atoms with van der Waals surface area (Å²) >= 11 is 4.80. The number of carbonyl (C=O) groups is 2. The van der Waals surface area contributed by atoms with Gasteiger partial charge in [0.1, 0.15) is 6.61 Å². The Labute approximate surface area is 186 Å². The number of nitrogens with two attached hydrogens (primary N) is 1. The lowest BCUT2D eigenvalue weighted by molar-refractivity contribution is -0.143. The fourth-order valence-corrected chi connectivity index (χ4v) is 3.53. The van der Waals surface area contributed by atoms with Crippen LogP contribution in [0.25, 0.3) is 0 Å². The van der Waals surface area contributed by atoms with Gasteiger partial charge in [0.2, 0.25) is 11.8 Å². The molecule has 0 atom stereocenters. The number of rotatable bonds is 8. The molecule has 0 bridgehead atoms. The summed E-state index contributed by atoms with van der Waals surface area (Å²) in [5.41, 5.74) is 1.76. The number of nitrogens with zero attached hydrogens (tertiary/aromatic N) is 3. The van der Waals surface area contributed by atoms with Crippen LogP contribution in [0.4, 0.5) is 10.9 Å². The number of carbonyl (C=O) groups excluding carboxylic acids is 2. The monoisotopic (exact) mass is 489 g/mol. The molecule has 0 saturated carbocycles. The van der Waals surface area contributed by atoms with Gasteiger partial charge in [-0.1, -0.05) is 30.3 Å². The van der Waals surface area contributed by atoms with Crippen LogP contribution in [0, 0.1) is 0 Å². The van der Waals surface area contributed by atoms with Gasteiger partial charge in [-0.2, -0.15) is 0 Å². The molecule has 3 aromatic rings. The summed E-state index contributed by atoms with van der Waals surface area (Å²) in [5, 5.41) is 6.24. The number of aryl methyl sites for hydroxylation is 1. The lowest BCUT2D eigenvalue weighted by atomic mass is 10.2. The maximum atomic E-state index is 11.8. The van der Waals surface area contributed by atoms with E-state index in [2.05, 4.69) is 31.2 Å². The first-order chi connectivity index (χ1) is 14.4. The van der Waals surface area contributed by atoms with E-state index in [0.717, 1.165) is 15.7 Å². The number of aromatic nitrogens is 2. The number of nitrogens with one attached hydrogen (secondary N) is 1. The van der Waals surface area contributed by atoms with Crippen molar-refractivity contribution >= 4 is 50.0 Å². The van der Waals surface area contributed by atoms with E-state index >= 15 is 0 Å². The molecule has 3 rings (SSSR count). The van der Waals surface area contributed by atoms with Crippen molar-refractivity contribution in [2.24, 2.45) is 5.84 Å². The minimum atomic E-state index is -0.495. The van der Waals surface area contributed by atoms with Crippen LogP contribution in [0.1, 0.15) is 24.6 Å². The molecule has 2 amide bonds. The molecule has 0 aliphatic heterocycles. The van der Waals surface area contributed by atoms with Crippen molar-refractivity contribution in [3.63, 3.8) is 0 Å². The Balaban J connectivity index is 1.64. The maximum absolute atomic E-state index is 11.8. The zero-order valence-corrected chi connectivity index (χ0v) is 18.6. The fourth-order valence-electron chi connectivity index (χ4n) is 2.47. The zero-order chi connectivity index (χ0) is 21.5. The molecule has 30 heavy (non-hydrogen) atoms. The summed E-state index contributed by atoms with van der Waals surface area (Å²) in [6.45, 7) is 1.65. The highest BCUT2D eigenvalue weighted by Gasteiger charge is 2.15. The topological polar surface area (TPSA) is 110 Å². The van der Waals surface area contributed by atoms with Crippen molar-refractivity contribution in [3.8, 4) is 5.75 Å². The third-order valence-electron chi connectivity index (χ3n) is 4.04. The van der Waals surface area contributed by atoms with Gasteiger partial charge in [-0.15, -0.1) is 11.3 Å². The van der Waals surface area contributed by atoms with Gasteiger partial charge >= 0.3 is 0 Å². The Morgan fingerprint density at radius 3 is 2.80 bits per heavy atom. The quantitative estimate of drug-likeness (QED) is 0.281. The molecule has 0 aliphatic rings. The summed E-state index contributed by atoms with van der Waals surface area (Å²) in [4.78, 5) is 31.8. The lowest BCUT2D eigenvalue weighted by Gasteiger charge is -2.12. The van der Waals surface area contributed by atoms with Crippen molar-refractivity contribution in [1.29, 1.82) is 0 Å². The molecule has 2 heterocycles. The summed E-state index contributed by atoms with van der Waals surface area (Å²) in [7, 11) is 0. The smallest absolute Gasteiger partial charge is 0.243 e. The van der Waals surface area contributed by atoms with E-state index < -0.39 is 11.8 Å². The number of thiazole rings is 1. The Bertz CT molecular complexity index is 1030. The average Bonchev–Trinajstić information content (AvgIpc) is 3.19. The molecule has 8 nitrogen and oxygen atoms in total. The number of halogens is 1. The number of benzene rings is 1. The van der Waals surface area contributed by atoms with Gasteiger partial charge in [-0.3, -0.25) is 9.59 Å². The van der Waals surface area contributed by atoms with Crippen molar-refractivity contribution in [2.75, 3.05) is 5.32 Å². The van der Waals surface area contributed by atoms with E-state index in [0.29, 0.717) is 34.7 Å². The number of hydrazine groups is 1. The number of hydrogen-bond acceptors (Lipinski definition) is 8. The second kappa shape index (κ2) is 10.3. The van der Waals surface area contributed by atoms with Crippen molar-refractivity contribution < 1.29 is 14.3 Å². The number of pyridine rings is 1. The number of imide groups is 1. The summed E-state index contributed by atoms with van der Waals surface area (Å²) in [6, 6.07) is 11.7. The van der Waals surface area contributed by atoms with Crippen LogP contribution >= 0.6 is 27.3 Å². The largest absolute Gasteiger partial charge is 0.485 e. The lowest BCUT2D eigenvalue weighted by Crippen LogP contribution is -2.41. The third-order valence-corrected chi connectivity index (χ3v) is 5.28. The number of ether oxygens (including phenoxy) is 1. The van der Waals surface area contributed by atoms with E-state index in [1.54, 1.807) is 6.20 Å². The van der Waals surface area contributed by atoms with Gasteiger partial charge in [-0.05, 0) is 34.0 Å². The summed E-state index contributed by atoms with van der Waals surface area (Å²) < 4.78 is 6.73. The molecule has 3 N–H and O–H groups in total. The molecule has 0 spiro atoms. The van der Waals surface area contributed by atoms with Crippen LogP contribution < -0.4 is 15.9 Å². The average molecular weight is 490 g/mol. The first kappa shape index (κ1) is 21.9. The van der Waals surface area contributed by atoms with Gasteiger partial charge in [0.05, 0.1) is 5.69 Å². The highest BCUT2D eigenvalue weighted by molar-refractivity contribution is 9.10. The van der Waals surface area contributed by atoms with E-state index in [1.165, 1.54) is 18.3 Å². The van der Waals surface area contributed by atoms with Crippen LogP contribution in [-0.2, 0) is 22.6 Å². The minimum Gasteiger partial charge on any atom is -0.485 e. The molecule has 0 saturated heterocycles. The highest BCUT2D eigenvalue weighted by Crippen LogP contribution is 2.30. The van der Waals surface area contributed by atoms with E-state index in [9.17, 15) is 9.59 Å². The molecule has 0 fully saturated rings. The predicted molar refractivity (Wildman–Crippen MR) is 118 cm³/mol. The normalized spacial score (nSPS) is 10.5.